The molecule has 3 rings (SSSR count). The number of aliphatic hydroxyl groups is 1. The van der Waals surface area contributed by atoms with Crippen molar-refractivity contribution >= 4 is 5.69 Å². The van der Waals surface area contributed by atoms with E-state index in [-0.39, 0.29) is 12.2 Å². The fraction of sp³-hybridized carbons (Fsp3) is 0.125. The van der Waals surface area contributed by atoms with Crippen LogP contribution in [0.2, 0.25) is 0 Å². The smallest absolute Gasteiger partial charge is 0.269 e. The second-order valence-electron chi connectivity index (χ2n) is 5.02. The summed E-state index contributed by atoms with van der Waals surface area (Å²) in [6.45, 7) is 0.168. The first-order chi connectivity index (χ1) is 11.1. The van der Waals surface area contributed by atoms with E-state index in [0.29, 0.717) is 11.4 Å². The molecule has 1 N–H and O–H groups in total. The molecule has 0 aliphatic heterocycles. The van der Waals surface area contributed by atoms with Gasteiger partial charge < -0.3 is 5.11 Å². The van der Waals surface area contributed by atoms with E-state index in [0.717, 1.165) is 5.56 Å². The number of hydrogen-bond acceptors (Lipinski definition) is 5. The molecular formula is C16H14N4O3. The van der Waals surface area contributed by atoms with Gasteiger partial charge in [-0.05, 0) is 5.56 Å². The zero-order valence-corrected chi connectivity index (χ0v) is 12.1. The van der Waals surface area contributed by atoms with E-state index in [1.54, 1.807) is 12.1 Å². The van der Waals surface area contributed by atoms with Crippen molar-refractivity contribution in [2.24, 2.45) is 0 Å². The number of non-ortho nitro benzene ring substituents is 1. The van der Waals surface area contributed by atoms with Crippen molar-refractivity contribution in [3.63, 3.8) is 0 Å². The quantitative estimate of drug-likeness (QED) is 0.577. The maximum absolute atomic E-state index is 10.8. The first-order valence-electron chi connectivity index (χ1n) is 7.01. The van der Waals surface area contributed by atoms with Crippen molar-refractivity contribution in [2.45, 2.75) is 12.6 Å². The van der Waals surface area contributed by atoms with Gasteiger partial charge in [0.2, 0.25) is 0 Å². The first kappa shape index (κ1) is 14.9. The molecule has 0 amide bonds. The Labute approximate surface area is 132 Å². The number of nitro groups is 1. The standard InChI is InChI=1S/C16H14N4O3/c21-15(13-7-4-8-14(9-13)20(22)23)10-19-11-17-16(18-19)12-5-2-1-3-6-12/h1-9,11,15,21H,10H2. The molecule has 1 aromatic heterocycles. The molecule has 2 aromatic carbocycles. The first-order valence-corrected chi connectivity index (χ1v) is 7.01. The van der Waals surface area contributed by atoms with Crippen LogP contribution < -0.4 is 0 Å². The number of nitro benzene ring substituents is 1. The molecule has 7 nitrogen and oxygen atoms in total. The normalized spacial score (nSPS) is 12.0. The second-order valence-corrected chi connectivity index (χ2v) is 5.02. The molecule has 116 valence electrons. The molecule has 0 fully saturated rings. The molecule has 0 spiro atoms. The van der Waals surface area contributed by atoms with Gasteiger partial charge in [0.05, 0.1) is 17.6 Å². The third-order valence-electron chi connectivity index (χ3n) is 3.39. The summed E-state index contributed by atoms with van der Waals surface area (Å²) in [6, 6.07) is 15.4. The summed E-state index contributed by atoms with van der Waals surface area (Å²) in [5.41, 5.74) is 1.30. The highest BCUT2D eigenvalue weighted by atomic mass is 16.6. The van der Waals surface area contributed by atoms with Crippen LogP contribution >= 0.6 is 0 Å². The van der Waals surface area contributed by atoms with Crippen molar-refractivity contribution in [2.75, 3.05) is 0 Å². The van der Waals surface area contributed by atoms with Crippen molar-refractivity contribution in [1.29, 1.82) is 0 Å². The van der Waals surface area contributed by atoms with Crippen LogP contribution in [0.15, 0.2) is 60.9 Å². The van der Waals surface area contributed by atoms with Gasteiger partial charge in [-0.3, -0.25) is 10.1 Å². The third-order valence-corrected chi connectivity index (χ3v) is 3.39. The van der Waals surface area contributed by atoms with Gasteiger partial charge in [0.25, 0.3) is 5.69 Å². The number of rotatable bonds is 5. The minimum absolute atomic E-state index is 0.0508. The number of aliphatic hydroxyl groups excluding tert-OH is 1. The van der Waals surface area contributed by atoms with E-state index in [2.05, 4.69) is 10.1 Å². The monoisotopic (exact) mass is 310 g/mol. The zero-order valence-electron chi connectivity index (χ0n) is 12.1. The average molecular weight is 310 g/mol. The van der Waals surface area contributed by atoms with Gasteiger partial charge in [0, 0.05) is 17.7 Å². The summed E-state index contributed by atoms with van der Waals surface area (Å²) in [4.78, 5) is 14.5. The molecule has 0 bridgehead atoms. The van der Waals surface area contributed by atoms with Crippen LogP contribution in [0.3, 0.4) is 0 Å². The van der Waals surface area contributed by atoms with Crippen molar-refractivity contribution < 1.29 is 10.0 Å². The van der Waals surface area contributed by atoms with Gasteiger partial charge in [0.1, 0.15) is 6.33 Å². The van der Waals surface area contributed by atoms with Gasteiger partial charge in [-0.15, -0.1) is 0 Å². The largest absolute Gasteiger partial charge is 0.386 e. The molecule has 0 aliphatic carbocycles. The Bertz CT molecular complexity index is 817. The molecule has 0 saturated carbocycles. The number of aromatic nitrogens is 3. The van der Waals surface area contributed by atoms with Crippen LogP contribution in [-0.4, -0.2) is 24.8 Å². The lowest BCUT2D eigenvalue weighted by atomic mass is 10.1. The van der Waals surface area contributed by atoms with E-state index in [9.17, 15) is 15.2 Å². The van der Waals surface area contributed by atoms with Gasteiger partial charge in [-0.2, -0.15) is 5.10 Å². The predicted molar refractivity (Wildman–Crippen MR) is 83.5 cm³/mol. The Balaban J connectivity index is 1.76. The molecule has 1 heterocycles. The molecule has 7 heteroatoms. The lowest BCUT2D eigenvalue weighted by Gasteiger charge is -2.10. The van der Waals surface area contributed by atoms with Crippen LogP contribution in [0.5, 0.6) is 0 Å². The van der Waals surface area contributed by atoms with Gasteiger partial charge in [-0.25, -0.2) is 9.67 Å². The summed E-state index contributed by atoms with van der Waals surface area (Å²) in [7, 11) is 0. The Morgan fingerprint density at radius 1 is 1.17 bits per heavy atom. The Morgan fingerprint density at radius 2 is 1.96 bits per heavy atom. The Morgan fingerprint density at radius 3 is 2.70 bits per heavy atom. The highest BCUT2D eigenvalue weighted by molar-refractivity contribution is 5.53. The van der Waals surface area contributed by atoms with E-state index in [1.807, 2.05) is 30.3 Å². The molecule has 1 unspecified atom stereocenters. The fourth-order valence-corrected chi connectivity index (χ4v) is 2.23. The molecule has 0 saturated heterocycles. The Hall–Kier alpha value is -3.06. The minimum atomic E-state index is -0.903. The van der Waals surface area contributed by atoms with Crippen molar-refractivity contribution in [3.8, 4) is 11.4 Å². The topological polar surface area (TPSA) is 94.1 Å². The summed E-state index contributed by atoms with van der Waals surface area (Å²) < 4.78 is 1.52. The van der Waals surface area contributed by atoms with Crippen LogP contribution in [0, 0.1) is 10.1 Å². The van der Waals surface area contributed by atoms with E-state index in [4.69, 9.17) is 0 Å². The lowest BCUT2D eigenvalue weighted by Crippen LogP contribution is -2.09. The summed E-state index contributed by atoms with van der Waals surface area (Å²) in [5.74, 6) is 0.567. The molecule has 3 aromatic rings. The van der Waals surface area contributed by atoms with Crippen LogP contribution in [0.25, 0.3) is 11.4 Å². The van der Waals surface area contributed by atoms with Crippen LogP contribution in [0.4, 0.5) is 5.69 Å². The highest BCUT2D eigenvalue weighted by Gasteiger charge is 2.14. The van der Waals surface area contributed by atoms with E-state index in [1.165, 1.54) is 23.1 Å². The molecular weight excluding hydrogens is 296 g/mol. The SMILES string of the molecule is O=[N+]([O-])c1cccc(C(O)Cn2cnc(-c3ccccc3)n2)c1. The summed E-state index contributed by atoms with van der Waals surface area (Å²) in [6.07, 6.45) is 0.628. The van der Waals surface area contributed by atoms with E-state index < -0.39 is 11.0 Å². The molecule has 0 aliphatic rings. The molecule has 1 atom stereocenters. The molecule has 23 heavy (non-hydrogen) atoms. The predicted octanol–water partition coefficient (Wildman–Crippen LogP) is 2.59. The van der Waals surface area contributed by atoms with Gasteiger partial charge >= 0.3 is 0 Å². The Kier molecular flexibility index (Phi) is 4.11. The maximum atomic E-state index is 10.8. The van der Waals surface area contributed by atoms with Gasteiger partial charge in [-0.1, -0.05) is 42.5 Å². The third kappa shape index (κ3) is 3.41. The number of benzene rings is 2. The van der Waals surface area contributed by atoms with Crippen molar-refractivity contribution in [1.82, 2.24) is 14.8 Å². The highest BCUT2D eigenvalue weighted by Crippen LogP contribution is 2.21. The number of nitrogens with zero attached hydrogens (tertiary/aromatic N) is 4. The zero-order chi connectivity index (χ0) is 16.2. The second kappa shape index (κ2) is 6.37. The lowest BCUT2D eigenvalue weighted by molar-refractivity contribution is -0.385. The minimum Gasteiger partial charge on any atom is -0.386 e. The van der Waals surface area contributed by atoms with Crippen LogP contribution in [-0.2, 0) is 6.54 Å². The summed E-state index contributed by atoms with van der Waals surface area (Å²) >= 11 is 0. The fourth-order valence-electron chi connectivity index (χ4n) is 2.23. The van der Waals surface area contributed by atoms with E-state index >= 15 is 0 Å². The molecule has 0 radical (unpaired) electrons. The van der Waals surface area contributed by atoms with Crippen LogP contribution in [0.1, 0.15) is 11.7 Å². The summed E-state index contributed by atoms with van der Waals surface area (Å²) in [5, 5.41) is 25.4. The van der Waals surface area contributed by atoms with Crippen molar-refractivity contribution in [3.05, 3.63) is 76.6 Å². The van der Waals surface area contributed by atoms with Gasteiger partial charge in [0.15, 0.2) is 5.82 Å². The average Bonchev–Trinajstić information content (AvgIpc) is 3.04. The number of hydrogen-bond donors (Lipinski definition) is 1. The maximum Gasteiger partial charge on any atom is 0.269 e.